The molecule has 4 aromatic rings. The van der Waals surface area contributed by atoms with E-state index in [0.717, 1.165) is 43.0 Å². The smallest absolute Gasteiger partial charge is 0.296 e. The highest BCUT2D eigenvalue weighted by molar-refractivity contribution is 8.27. The fourth-order valence-corrected chi connectivity index (χ4v) is 6.67. The second kappa shape index (κ2) is 10.2. The highest BCUT2D eigenvalue weighted by atomic mass is 32.2. The number of thiocarbonyl (C=S) groups is 1. The third kappa shape index (κ3) is 4.29. The van der Waals surface area contributed by atoms with E-state index >= 15 is 0 Å². The maximum Gasteiger partial charge on any atom is 0.296 e. The Bertz CT molecular complexity index is 1830. The first-order valence-electron chi connectivity index (χ1n) is 13.2. The van der Waals surface area contributed by atoms with Gasteiger partial charge in [-0.25, -0.2) is 9.67 Å². The molecule has 0 radical (unpaired) electrons. The van der Waals surface area contributed by atoms with Gasteiger partial charge in [0.1, 0.15) is 17.2 Å². The molecule has 204 valence electrons. The van der Waals surface area contributed by atoms with Crippen LogP contribution in [0.2, 0.25) is 0 Å². The van der Waals surface area contributed by atoms with Gasteiger partial charge in [-0.2, -0.15) is 0 Å². The molecule has 0 bridgehead atoms. The van der Waals surface area contributed by atoms with Crippen molar-refractivity contribution in [2.75, 3.05) is 10.2 Å². The molecule has 40 heavy (non-hydrogen) atoms. The van der Waals surface area contributed by atoms with E-state index in [4.69, 9.17) is 17.2 Å². The van der Waals surface area contributed by atoms with Crippen LogP contribution in [0, 0.1) is 13.8 Å². The first-order valence-corrected chi connectivity index (χ1v) is 14.4. The standard InChI is InChI=1S/C29H28N6O3S2/c1-17-10-9-15-33-25(17)31-24(30-19-11-7-8-12-19)21(26(33)36)16-22-27(37)34(29(39)40-22)23-18(2)32(3)35(28(23)38)20-13-5-4-6-14-20/h4-6,9-10,13-16,19,30H,7-8,11-12H2,1-3H3/b22-16+. The van der Waals surface area contributed by atoms with E-state index in [1.165, 1.54) is 14.0 Å². The zero-order valence-electron chi connectivity index (χ0n) is 22.4. The van der Waals surface area contributed by atoms with Crippen LogP contribution in [-0.4, -0.2) is 35.0 Å². The summed E-state index contributed by atoms with van der Waals surface area (Å²) in [6.07, 6.45) is 7.48. The third-order valence-electron chi connectivity index (χ3n) is 7.60. The number of amides is 1. The SMILES string of the molecule is Cc1cccn2c(=O)c(/C=C3/SC(=S)N(c4c(C)n(C)n(-c5ccccc5)c4=O)C3=O)c(NC3CCCC3)nc12. The van der Waals surface area contributed by atoms with Gasteiger partial charge in [-0.15, -0.1) is 0 Å². The molecule has 6 rings (SSSR count). The summed E-state index contributed by atoms with van der Waals surface area (Å²) in [6, 6.07) is 13.2. The van der Waals surface area contributed by atoms with Crippen molar-refractivity contribution in [3.63, 3.8) is 0 Å². The van der Waals surface area contributed by atoms with Crippen LogP contribution >= 0.6 is 24.0 Å². The summed E-state index contributed by atoms with van der Waals surface area (Å²) >= 11 is 6.69. The Kier molecular flexibility index (Phi) is 6.71. The normalized spacial score (nSPS) is 17.1. The third-order valence-corrected chi connectivity index (χ3v) is 8.90. The molecule has 0 spiro atoms. The van der Waals surface area contributed by atoms with Gasteiger partial charge in [0.2, 0.25) is 0 Å². The number of aromatic nitrogens is 4. The largest absolute Gasteiger partial charge is 0.367 e. The second-order valence-corrected chi connectivity index (χ2v) is 11.8. The Balaban J connectivity index is 1.46. The van der Waals surface area contributed by atoms with Crippen molar-refractivity contribution >= 4 is 57.4 Å². The first kappa shape index (κ1) is 26.3. The maximum atomic E-state index is 13.8. The molecule has 1 N–H and O–H groups in total. The topological polar surface area (TPSA) is 93.6 Å². The van der Waals surface area contributed by atoms with Gasteiger partial charge in [-0.3, -0.25) is 28.4 Å². The van der Waals surface area contributed by atoms with E-state index < -0.39 is 5.91 Å². The monoisotopic (exact) mass is 572 g/mol. The van der Waals surface area contributed by atoms with E-state index in [9.17, 15) is 14.4 Å². The zero-order valence-corrected chi connectivity index (χ0v) is 24.0. The Morgan fingerprint density at radius 1 is 1.02 bits per heavy atom. The van der Waals surface area contributed by atoms with Gasteiger partial charge in [0, 0.05) is 19.3 Å². The lowest BCUT2D eigenvalue weighted by molar-refractivity contribution is -0.113. The van der Waals surface area contributed by atoms with Crippen molar-refractivity contribution in [1.82, 2.24) is 18.7 Å². The van der Waals surface area contributed by atoms with Crippen LogP contribution < -0.4 is 21.3 Å². The van der Waals surface area contributed by atoms with Crippen molar-refractivity contribution in [2.45, 2.75) is 45.6 Å². The highest BCUT2D eigenvalue weighted by Gasteiger charge is 2.38. The molecule has 1 saturated heterocycles. The molecule has 1 amide bonds. The number of rotatable bonds is 5. The number of fused-ring (bicyclic) bond motifs is 1. The number of carbonyl (C=O) groups is 1. The molecular weight excluding hydrogens is 544 g/mol. The number of hydrogen-bond acceptors (Lipinski definition) is 7. The Hall–Kier alpha value is -3.96. The number of hydrogen-bond donors (Lipinski definition) is 1. The Morgan fingerprint density at radius 3 is 2.48 bits per heavy atom. The first-order chi connectivity index (χ1) is 19.3. The van der Waals surface area contributed by atoms with Crippen LogP contribution in [0.1, 0.15) is 42.5 Å². The van der Waals surface area contributed by atoms with Crippen molar-refractivity contribution < 1.29 is 4.79 Å². The molecule has 0 atom stereocenters. The van der Waals surface area contributed by atoms with Crippen molar-refractivity contribution in [3.05, 3.63) is 91.1 Å². The van der Waals surface area contributed by atoms with Gasteiger partial charge >= 0.3 is 0 Å². The van der Waals surface area contributed by atoms with Gasteiger partial charge in [0.25, 0.3) is 17.0 Å². The van der Waals surface area contributed by atoms with Crippen LogP contribution in [0.15, 0.2) is 63.2 Å². The summed E-state index contributed by atoms with van der Waals surface area (Å²) in [5.74, 6) is 0.0142. The van der Waals surface area contributed by atoms with Gasteiger partial charge in [-0.05, 0) is 56.5 Å². The zero-order chi connectivity index (χ0) is 28.1. The van der Waals surface area contributed by atoms with Gasteiger partial charge in [0.15, 0.2) is 4.32 Å². The average molecular weight is 573 g/mol. The number of carbonyl (C=O) groups excluding carboxylic acids is 1. The van der Waals surface area contributed by atoms with E-state index in [1.54, 1.807) is 37.0 Å². The van der Waals surface area contributed by atoms with Gasteiger partial charge in [0.05, 0.1) is 21.8 Å². The molecular formula is C29H28N6O3S2. The van der Waals surface area contributed by atoms with Crippen molar-refractivity contribution in [2.24, 2.45) is 7.05 Å². The Labute approximate surface area is 240 Å². The van der Waals surface area contributed by atoms with Crippen LogP contribution in [0.3, 0.4) is 0 Å². The summed E-state index contributed by atoms with van der Waals surface area (Å²) in [5.41, 5.74) is 2.58. The summed E-state index contributed by atoms with van der Waals surface area (Å²) in [7, 11) is 1.77. The minimum Gasteiger partial charge on any atom is -0.367 e. The fraction of sp³-hybridized carbons (Fsp3) is 0.276. The number of nitrogens with zero attached hydrogens (tertiary/aromatic N) is 5. The molecule has 1 aliphatic carbocycles. The van der Waals surface area contributed by atoms with E-state index in [2.05, 4.69) is 5.32 Å². The molecule has 0 unspecified atom stereocenters. The number of pyridine rings is 1. The van der Waals surface area contributed by atoms with E-state index in [1.807, 2.05) is 43.3 Å². The van der Waals surface area contributed by atoms with Gasteiger partial charge in [-0.1, -0.05) is 61.1 Å². The van der Waals surface area contributed by atoms with Crippen molar-refractivity contribution in [3.8, 4) is 5.69 Å². The molecule has 9 nitrogen and oxygen atoms in total. The average Bonchev–Trinajstić information content (AvgIpc) is 3.61. The van der Waals surface area contributed by atoms with Gasteiger partial charge < -0.3 is 5.32 Å². The number of benzene rings is 1. The molecule has 2 aliphatic rings. The second-order valence-electron chi connectivity index (χ2n) is 10.1. The lowest BCUT2D eigenvalue weighted by Gasteiger charge is -2.16. The predicted molar refractivity (Wildman–Crippen MR) is 163 cm³/mol. The summed E-state index contributed by atoms with van der Waals surface area (Å²) in [5, 5.41) is 3.47. The Morgan fingerprint density at radius 2 is 1.75 bits per heavy atom. The van der Waals surface area contributed by atoms with Crippen LogP contribution in [-0.2, 0) is 11.8 Å². The number of para-hydroxylation sites is 1. The molecule has 11 heteroatoms. The van der Waals surface area contributed by atoms with Crippen molar-refractivity contribution in [1.29, 1.82) is 0 Å². The van der Waals surface area contributed by atoms with Crippen LogP contribution in [0.25, 0.3) is 17.4 Å². The maximum absolute atomic E-state index is 13.8. The molecule has 1 saturated carbocycles. The molecule has 1 aromatic carbocycles. The summed E-state index contributed by atoms with van der Waals surface area (Å²) < 4.78 is 4.96. The predicted octanol–water partition coefficient (Wildman–Crippen LogP) is 4.56. The molecule has 1 aliphatic heterocycles. The number of nitrogens with one attached hydrogen (secondary N) is 1. The number of thioether (sulfide) groups is 1. The van der Waals surface area contributed by atoms with E-state index in [-0.39, 0.29) is 32.1 Å². The summed E-state index contributed by atoms with van der Waals surface area (Å²) in [4.78, 5) is 47.5. The van der Waals surface area contributed by atoms with Crippen LogP contribution in [0.5, 0.6) is 0 Å². The minimum atomic E-state index is -0.443. The number of aryl methyl sites for hydroxylation is 1. The quantitative estimate of drug-likeness (QED) is 0.277. The lowest BCUT2D eigenvalue weighted by Crippen LogP contribution is -2.33. The van der Waals surface area contributed by atoms with E-state index in [0.29, 0.717) is 28.4 Å². The minimum absolute atomic E-state index is 0.200. The van der Waals surface area contributed by atoms with Crippen LogP contribution in [0.4, 0.5) is 11.5 Å². The molecule has 3 aromatic heterocycles. The molecule has 2 fully saturated rings. The highest BCUT2D eigenvalue weighted by Crippen LogP contribution is 2.37. The molecule has 4 heterocycles. The number of anilines is 2. The lowest BCUT2D eigenvalue weighted by atomic mass is 10.2. The fourth-order valence-electron chi connectivity index (χ4n) is 5.42. The summed E-state index contributed by atoms with van der Waals surface area (Å²) in [6.45, 7) is 3.69.